The Morgan fingerprint density at radius 1 is 1.24 bits per heavy atom. The van der Waals surface area contributed by atoms with Crippen LogP contribution in [0.2, 0.25) is 5.02 Å². The molecule has 2 aromatic carbocycles. The number of benzene rings is 2. The third kappa shape index (κ3) is 3.04. The summed E-state index contributed by atoms with van der Waals surface area (Å²) in [6, 6.07) is 15.8. The van der Waals surface area contributed by atoms with E-state index in [9.17, 15) is 0 Å². The van der Waals surface area contributed by atoms with E-state index in [1.807, 2.05) is 0 Å². The predicted octanol–water partition coefficient (Wildman–Crippen LogP) is 4.71. The van der Waals surface area contributed by atoms with Gasteiger partial charge in [-0.1, -0.05) is 35.9 Å². The molecule has 0 spiro atoms. The minimum absolute atomic E-state index is 0.418. The van der Waals surface area contributed by atoms with Crippen molar-refractivity contribution >= 4 is 11.6 Å². The molecule has 0 N–H and O–H groups in total. The Morgan fingerprint density at radius 3 is 2.90 bits per heavy atom. The highest BCUT2D eigenvalue weighted by atomic mass is 35.5. The van der Waals surface area contributed by atoms with Gasteiger partial charge in [0, 0.05) is 5.92 Å². The maximum absolute atomic E-state index is 8.85. The smallest absolute Gasteiger partial charge is 0.137 e. The number of halogens is 1. The zero-order chi connectivity index (χ0) is 14.7. The fraction of sp³-hybridized carbons (Fsp3) is 0.278. The number of aryl methyl sites for hydroxylation is 1. The first kappa shape index (κ1) is 14.0. The summed E-state index contributed by atoms with van der Waals surface area (Å²) in [5, 5.41) is 9.34. The standard InChI is InChI=1S/C18H16ClNO/c19-17-10-13(11-20)8-9-18(17)21-12-15-6-3-5-14-4-1-2-7-16(14)15/h1-2,4,7-10,15H,3,5-6,12H2. The number of hydrogen-bond acceptors (Lipinski definition) is 2. The van der Waals surface area contributed by atoms with Crippen LogP contribution in [0.3, 0.4) is 0 Å². The molecule has 1 unspecified atom stereocenters. The summed E-state index contributed by atoms with van der Waals surface area (Å²) in [5.41, 5.74) is 3.38. The Balaban J connectivity index is 1.73. The lowest BCUT2D eigenvalue weighted by atomic mass is 9.83. The first-order valence-corrected chi connectivity index (χ1v) is 7.56. The van der Waals surface area contributed by atoms with Crippen molar-refractivity contribution in [3.05, 3.63) is 64.2 Å². The van der Waals surface area contributed by atoms with E-state index in [0.717, 1.165) is 12.8 Å². The SMILES string of the molecule is N#Cc1ccc(OCC2CCCc3ccccc32)c(Cl)c1. The number of nitrogens with zero attached hydrogens (tertiary/aromatic N) is 1. The Hall–Kier alpha value is -1.98. The molecule has 0 aliphatic heterocycles. The molecule has 0 saturated heterocycles. The van der Waals surface area contributed by atoms with Gasteiger partial charge in [-0.15, -0.1) is 0 Å². The molecule has 3 rings (SSSR count). The van der Waals surface area contributed by atoms with Gasteiger partial charge in [0.15, 0.2) is 0 Å². The van der Waals surface area contributed by atoms with Crippen molar-refractivity contribution in [2.45, 2.75) is 25.2 Å². The zero-order valence-electron chi connectivity index (χ0n) is 11.7. The minimum atomic E-state index is 0.418. The van der Waals surface area contributed by atoms with Gasteiger partial charge in [-0.3, -0.25) is 0 Å². The maximum Gasteiger partial charge on any atom is 0.137 e. The van der Waals surface area contributed by atoms with Gasteiger partial charge in [-0.05, 0) is 48.6 Å². The molecule has 0 bridgehead atoms. The van der Waals surface area contributed by atoms with Gasteiger partial charge in [0.25, 0.3) is 0 Å². The van der Waals surface area contributed by atoms with Crippen LogP contribution in [0.25, 0.3) is 0 Å². The van der Waals surface area contributed by atoms with E-state index in [1.54, 1.807) is 18.2 Å². The minimum Gasteiger partial charge on any atom is -0.491 e. The van der Waals surface area contributed by atoms with Gasteiger partial charge in [0.2, 0.25) is 0 Å². The van der Waals surface area contributed by atoms with Gasteiger partial charge in [-0.25, -0.2) is 0 Å². The summed E-state index contributed by atoms with van der Waals surface area (Å²) in [7, 11) is 0. The molecule has 0 fully saturated rings. The van der Waals surface area contributed by atoms with Crippen molar-refractivity contribution in [3.8, 4) is 11.8 Å². The van der Waals surface area contributed by atoms with Crippen LogP contribution in [0.4, 0.5) is 0 Å². The number of hydrogen-bond donors (Lipinski definition) is 0. The lowest BCUT2D eigenvalue weighted by Crippen LogP contribution is -2.16. The molecule has 1 atom stereocenters. The Kier molecular flexibility index (Phi) is 4.13. The fourth-order valence-corrected chi connectivity index (χ4v) is 3.14. The summed E-state index contributed by atoms with van der Waals surface area (Å²) in [6.07, 6.45) is 3.50. The first-order chi connectivity index (χ1) is 10.3. The lowest BCUT2D eigenvalue weighted by molar-refractivity contribution is 0.275. The van der Waals surface area contributed by atoms with Crippen LogP contribution in [0.1, 0.15) is 35.4 Å². The van der Waals surface area contributed by atoms with Crippen molar-refractivity contribution in [1.82, 2.24) is 0 Å². The topological polar surface area (TPSA) is 33.0 Å². The average molecular weight is 298 g/mol. The van der Waals surface area contributed by atoms with Gasteiger partial charge in [0.1, 0.15) is 5.75 Å². The first-order valence-electron chi connectivity index (χ1n) is 7.18. The molecule has 2 aromatic rings. The van der Waals surface area contributed by atoms with Gasteiger partial charge in [0.05, 0.1) is 23.3 Å². The molecular formula is C18H16ClNO. The summed E-state index contributed by atoms with van der Waals surface area (Å²) in [5.74, 6) is 1.07. The monoisotopic (exact) mass is 297 g/mol. The van der Waals surface area contributed by atoms with Crippen molar-refractivity contribution in [2.24, 2.45) is 0 Å². The Morgan fingerprint density at radius 2 is 2.10 bits per heavy atom. The predicted molar refractivity (Wildman–Crippen MR) is 83.8 cm³/mol. The molecular weight excluding hydrogens is 282 g/mol. The zero-order valence-corrected chi connectivity index (χ0v) is 12.4. The van der Waals surface area contributed by atoms with E-state index in [1.165, 1.54) is 17.5 Å². The second-order valence-corrected chi connectivity index (χ2v) is 5.76. The molecule has 0 aromatic heterocycles. The second-order valence-electron chi connectivity index (χ2n) is 5.36. The number of nitriles is 1. The van der Waals surface area contributed by atoms with Crippen LogP contribution in [0.15, 0.2) is 42.5 Å². The van der Waals surface area contributed by atoms with Gasteiger partial charge >= 0.3 is 0 Å². The second kappa shape index (κ2) is 6.20. The van der Waals surface area contributed by atoms with E-state index in [-0.39, 0.29) is 0 Å². The molecule has 1 aliphatic carbocycles. The molecule has 1 aliphatic rings. The lowest BCUT2D eigenvalue weighted by Gasteiger charge is -2.25. The van der Waals surface area contributed by atoms with E-state index in [4.69, 9.17) is 21.6 Å². The molecule has 0 heterocycles. The maximum atomic E-state index is 8.85. The highest BCUT2D eigenvalue weighted by Gasteiger charge is 2.20. The van der Waals surface area contributed by atoms with Crippen molar-refractivity contribution in [1.29, 1.82) is 5.26 Å². The molecule has 0 amide bonds. The third-order valence-corrected chi connectivity index (χ3v) is 4.29. The van der Waals surface area contributed by atoms with Gasteiger partial charge < -0.3 is 4.74 Å². The summed E-state index contributed by atoms with van der Waals surface area (Å²) < 4.78 is 5.89. The third-order valence-electron chi connectivity index (χ3n) is 3.99. The van der Waals surface area contributed by atoms with Crippen LogP contribution in [-0.2, 0) is 6.42 Å². The Labute approximate surface area is 129 Å². The van der Waals surface area contributed by atoms with E-state index in [0.29, 0.717) is 28.9 Å². The Bertz CT molecular complexity index is 690. The summed E-state index contributed by atoms with van der Waals surface area (Å²) in [6.45, 7) is 0.628. The molecule has 106 valence electrons. The quantitative estimate of drug-likeness (QED) is 0.822. The van der Waals surface area contributed by atoms with E-state index >= 15 is 0 Å². The van der Waals surface area contributed by atoms with Crippen LogP contribution in [-0.4, -0.2) is 6.61 Å². The molecule has 3 heteroatoms. The normalized spacial score (nSPS) is 16.9. The number of fused-ring (bicyclic) bond motifs is 1. The molecule has 21 heavy (non-hydrogen) atoms. The molecule has 0 saturated carbocycles. The highest BCUT2D eigenvalue weighted by molar-refractivity contribution is 6.32. The van der Waals surface area contributed by atoms with Crippen LogP contribution in [0, 0.1) is 11.3 Å². The van der Waals surface area contributed by atoms with Crippen LogP contribution >= 0.6 is 11.6 Å². The van der Waals surface area contributed by atoms with Crippen molar-refractivity contribution in [2.75, 3.05) is 6.61 Å². The van der Waals surface area contributed by atoms with Crippen molar-refractivity contribution < 1.29 is 4.74 Å². The largest absolute Gasteiger partial charge is 0.491 e. The van der Waals surface area contributed by atoms with E-state index in [2.05, 4.69) is 30.3 Å². The van der Waals surface area contributed by atoms with Crippen LogP contribution < -0.4 is 4.74 Å². The molecule has 2 nitrogen and oxygen atoms in total. The highest BCUT2D eigenvalue weighted by Crippen LogP contribution is 2.33. The van der Waals surface area contributed by atoms with E-state index < -0.39 is 0 Å². The fourth-order valence-electron chi connectivity index (χ4n) is 2.91. The summed E-state index contributed by atoms with van der Waals surface area (Å²) in [4.78, 5) is 0. The summed E-state index contributed by atoms with van der Waals surface area (Å²) >= 11 is 6.15. The molecule has 0 radical (unpaired) electrons. The number of ether oxygens (including phenoxy) is 1. The van der Waals surface area contributed by atoms with Gasteiger partial charge in [-0.2, -0.15) is 5.26 Å². The van der Waals surface area contributed by atoms with Crippen molar-refractivity contribution in [3.63, 3.8) is 0 Å². The van der Waals surface area contributed by atoms with Crippen LogP contribution in [0.5, 0.6) is 5.75 Å². The average Bonchev–Trinajstić information content (AvgIpc) is 2.53. The number of rotatable bonds is 3.